The van der Waals surface area contributed by atoms with Crippen molar-refractivity contribution in [3.8, 4) is 11.6 Å². The molecule has 0 saturated carbocycles. The lowest BCUT2D eigenvalue weighted by Gasteiger charge is -2.23. The summed E-state index contributed by atoms with van der Waals surface area (Å²) in [6.07, 6.45) is 4.99. The third-order valence-corrected chi connectivity index (χ3v) is 6.60. The zero-order valence-electron chi connectivity index (χ0n) is 30.2. The van der Waals surface area contributed by atoms with Crippen LogP contribution in [0.1, 0.15) is 74.4 Å². The maximum Gasteiger partial charge on any atom is 0.413 e. The number of carboxylic acid groups (broad SMARTS) is 1. The van der Waals surface area contributed by atoms with Crippen LogP contribution >= 0.6 is 11.3 Å². The Hall–Kier alpha value is -5.26. The van der Waals surface area contributed by atoms with Crippen LogP contribution in [0.3, 0.4) is 0 Å². The van der Waals surface area contributed by atoms with Crippen LogP contribution in [-0.4, -0.2) is 85.5 Å². The fraction of sp³-hybridized carbons (Fsp3) is 0.515. The van der Waals surface area contributed by atoms with E-state index in [0.29, 0.717) is 31.1 Å². The number of imidazole rings is 1. The second kappa shape index (κ2) is 17.1. The highest BCUT2D eigenvalue weighted by Crippen LogP contribution is 2.19. The van der Waals surface area contributed by atoms with E-state index in [1.54, 1.807) is 79.0 Å². The monoisotopic (exact) mass is 732 g/mol. The van der Waals surface area contributed by atoms with Crippen LogP contribution in [0.25, 0.3) is 5.82 Å². The molecule has 0 fully saturated rings. The van der Waals surface area contributed by atoms with Crippen molar-refractivity contribution in [3.63, 3.8) is 0 Å². The average molecular weight is 733 g/mol. The molecule has 0 saturated heterocycles. The van der Waals surface area contributed by atoms with E-state index in [1.807, 2.05) is 23.3 Å². The second-order valence-electron chi connectivity index (χ2n) is 14.0. The summed E-state index contributed by atoms with van der Waals surface area (Å²) in [5, 5.41) is 20.1. The first-order valence-electron chi connectivity index (χ1n) is 16.0. The number of carboxylic acids is 1. The number of anilines is 1. The van der Waals surface area contributed by atoms with Gasteiger partial charge in [0.25, 0.3) is 6.10 Å². The van der Waals surface area contributed by atoms with Gasteiger partial charge >= 0.3 is 24.1 Å². The number of aryl methyl sites for hydroxylation is 1. The third-order valence-electron chi connectivity index (χ3n) is 5.84. The highest BCUT2D eigenvalue weighted by molar-refractivity contribution is 7.14. The highest BCUT2D eigenvalue weighted by atomic mass is 32.1. The molecule has 1 atom stereocenters. The van der Waals surface area contributed by atoms with Crippen LogP contribution in [0.15, 0.2) is 47.6 Å². The molecule has 0 aliphatic rings. The number of oxime groups is 1. The minimum absolute atomic E-state index is 0.0681. The van der Waals surface area contributed by atoms with E-state index >= 15 is 0 Å². The molecule has 18 heteroatoms. The lowest BCUT2D eigenvalue weighted by atomic mass is 10.2. The van der Waals surface area contributed by atoms with E-state index in [1.165, 1.54) is 11.6 Å². The van der Waals surface area contributed by atoms with Gasteiger partial charge in [-0.25, -0.2) is 33.7 Å². The van der Waals surface area contributed by atoms with E-state index in [-0.39, 0.29) is 10.8 Å². The molecule has 0 aliphatic heterocycles. The Bertz CT molecular complexity index is 1680. The van der Waals surface area contributed by atoms with Crippen LogP contribution in [0, 0.1) is 0 Å². The molecule has 2 amide bonds. The number of thiazole rings is 1. The summed E-state index contributed by atoms with van der Waals surface area (Å²) in [7, 11) is 0. The number of carbonyl (C=O) groups is 4. The van der Waals surface area contributed by atoms with Crippen LogP contribution in [0.2, 0.25) is 0 Å². The molecule has 1 unspecified atom stereocenters. The third kappa shape index (κ3) is 14.6. The molecule has 17 nitrogen and oxygen atoms in total. The number of nitrogens with zero attached hydrogens (tertiary/aromatic N) is 5. The molecule has 0 aromatic carbocycles. The molecule has 3 heterocycles. The summed E-state index contributed by atoms with van der Waals surface area (Å²) in [4.78, 5) is 62.8. The number of esters is 1. The van der Waals surface area contributed by atoms with Gasteiger partial charge in [0.2, 0.25) is 17.9 Å². The van der Waals surface area contributed by atoms with Gasteiger partial charge in [0, 0.05) is 24.4 Å². The number of hydrogen-bond acceptors (Lipinski definition) is 13. The Kier molecular flexibility index (Phi) is 13.5. The summed E-state index contributed by atoms with van der Waals surface area (Å²) in [6.45, 7) is 16.2. The molecule has 0 bridgehead atoms. The molecule has 0 radical (unpaired) electrons. The molecule has 3 rings (SSSR count). The number of aliphatic carboxylic acids is 1. The normalized spacial score (nSPS) is 12.8. The summed E-state index contributed by atoms with van der Waals surface area (Å²) in [5.74, 6) is -1.45. The van der Waals surface area contributed by atoms with Crippen molar-refractivity contribution in [1.29, 1.82) is 0 Å². The number of rotatable bonds is 14. The SMILES string of the molecule is CC(C)(C)OC(=O)NCCC[n+]1ccn(-c2ccc(OCC(O/N=C(\C(=O)O)c3csc(NC(=O)OC(C)(C)C)n3)C(=O)OC(C)(C)C)cn2)c1. The van der Waals surface area contributed by atoms with Crippen LogP contribution < -0.4 is 19.9 Å². The largest absolute Gasteiger partial charge is 0.487 e. The predicted octanol–water partition coefficient (Wildman–Crippen LogP) is 4.47. The van der Waals surface area contributed by atoms with Crippen molar-refractivity contribution >= 4 is 46.3 Å². The number of ether oxygens (including phenoxy) is 4. The van der Waals surface area contributed by atoms with Crippen molar-refractivity contribution in [2.24, 2.45) is 5.16 Å². The van der Waals surface area contributed by atoms with Gasteiger partial charge in [-0.05, 0) is 68.4 Å². The number of amides is 2. The Morgan fingerprint density at radius 2 is 1.65 bits per heavy atom. The van der Waals surface area contributed by atoms with Gasteiger partial charge in [-0.2, -0.15) is 4.57 Å². The fourth-order valence-electron chi connectivity index (χ4n) is 3.86. The number of nitrogens with one attached hydrogen (secondary N) is 2. The molecule has 3 aromatic heterocycles. The number of pyridine rings is 1. The maximum absolute atomic E-state index is 13.0. The van der Waals surface area contributed by atoms with E-state index in [0.717, 1.165) is 11.3 Å². The van der Waals surface area contributed by atoms with Crippen molar-refractivity contribution in [2.45, 2.75) is 98.2 Å². The minimum atomic E-state index is -1.49. The zero-order valence-corrected chi connectivity index (χ0v) is 31.0. The van der Waals surface area contributed by atoms with Crippen LogP contribution in [-0.2, 0) is 35.2 Å². The van der Waals surface area contributed by atoms with E-state index in [4.69, 9.17) is 23.8 Å². The average Bonchev–Trinajstić information content (AvgIpc) is 3.64. The highest BCUT2D eigenvalue weighted by Gasteiger charge is 2.30. The first-order chi connectivity index (χ1) is 23.7. The molecule has 278 valence electrons. The van der Waals surface area contributed by atoms with Crippen molar-refractivity contribution in [1.82, 2.24) is 19.9 Å². The van der Waals surface area contributed by atoms with Crippen molar-refractivity contribution < 1.29 is 52.6 Å². The van der Waals surface area contributed by atoms with Gasteiger partial charge < -0.3 is 34.2 Å². The first kappa shape index (κ1) is 40.2. The summed E-state index contributed by atoms with van der Waals surface area (Å²) in [5.41, 5.74) is -2.94. The smallest absolute Gasteiger partial charge is 0.413 e. The summed E-state index contributed by atoms with van der Waals surface area (Å²) >= 11 is 0.946. The second-order valence-corrected chi connectivity index (χ2v) is 14.9. The number of carbonyl (C=O) groups excluding carboxylic acids is 3. The van der Waals surface area contributed by atoms with Crippen molar-refractivity contribution in [3.05, 3.63) is 48.1 Å². The van der Waals surface area contributed by atoms with Crippen LogP contribution in [0.4, 0.5) is 14.7 Å². The van der Waals surface area contributed by atoms with Gasteiger partial charge in [-0.3, -0.25) is 5.32 Å². The lowest BCUT2D eigenvalue weighted by molar-refractivity contribution is -0.696. The Morgan fingerprint density at radius 3 is 2.25 bits per heavy atom. The number of alkyl carbamates (subject to hydrolysis) is 1. The molecule has 0 spiro atoms. The lowest BCUT2D eigenvalue weighted by Crippen LogP contribution is -2.37. The Labute approximate surface area is 299 Å². The molecule has 3 N–H and O–H groups in total. The van der Waals surface area contributed by atoms with E-state index in [9.17, 15) is 24.3 Å². The van der Waals surface area contributed by atoms with Gasteiger partial charge in [-0.15, -0.1) is 11.3 Å². The van der Waals surface area contributed by atoms with Crippen LogP contribution in [0.5, 0.6) is 5.75 Å². The minimum Gasteiger partial charge on any atom is -0.487 e. The number of hydrogen-bond donors (Lipinski definition) is 3. The standard InChI is InChI=1S/C33H45N7O10S/c1-31(2,3)47-27(43)23(50-38-25(26(41)42)22-19-51-28(36-22)37-30(45)49-33(7,8)9)18-46-21-11-12-24(35-17-21)40-16-15-39(20-40)14-10-13-34-29(44)48-32(4,5)6/h11-12,15-17,19-20,23H,10,13-14,18H2,1-9H3,(H2-,34,36,37,41,42,44,45)/p+1/b38-25-. The Morgan fingerprint density at radius 1 is 0.980 bits per heavy atom. The van der Waals surface area contributed by atoms with Gasteiger partial charge in [-0.1, -0.05) is 5.16 Å². The summed E-state index contributed by atoms with van der Waals surface area (Å²) in [6, 6.07) is 3.35. The Balaban J connectivity index is 1.64. The molecule has 51 heavy (non-hydrogen) atoms. The van der Waals surface area contributed by atoms with Gasteiger partial charge in [0.15, 0.2) is 5.13 Å². The quantitative estimate of drug-likeness (QED) is 0.0524. The summed E-state index contributed by atoms with van der Waals surface area (Å²) < 4.78 is 25.4. The molecular weight excluding hydrogens is 686 g/mol. The zero-order chi connectivity index (χ0) is 38.0. The topological polar surface area (TPSA) is 206 Å². The molecule has 3 aromatic rings. The maximum atomic E-state index is 13.0. The molecular formula is C33H46N7O10S+. The predicted molar refractivity (Wildman–Crippen MR) is 185 cm³/mol. The number of aromatic nitrogens is 4. The fourth-order valence-corrected chi connectivity index (χ4v) is 4.54. The van der Waals surface area contributed by atoms with Crippen molar-refractivity contribution in [2.75, 3.05) is 18.5 Å². The van der Waals surface area contributed by atoms with Gasteiger partial charge in [0.1, 0.15) is 47.2 Å². The molecule has 0 aliphatic carbocycles. The van der Waals surface area contributed by atoms with Gasteiger partial charge in [0.05, 0.1) is 12.7 Å². The van der Waals surface area contributed by atoms with E-state index in [2.05, 4.69) is 25.8 Å². The first-order valence-corrected chi connectivity index (χ1v) is 16.8. The van der Waals surface area contributed by atoms with E-state index < -0.39 is 59.4 Å².